The molecule has 18 heavy (non-hydrogen) atoms. The molecular weight excluding hydrogens is 264 g/mol. The van der Waals surface area contributed by atoms with Crippen molar-refractivity contribution >= 4 is 22.9 Å². The average molecular weight is 287 g/mol. The van der Waals surface area contributed by atoms with Gasteiger partial charge in [-0.3, -0.25) is 0 Å². The van der Waals surface area contributed by atoms with Crippen molar-refractivity contribution in [2.75, 3.05) is 5.88 Å². The van der Waals surface area contributed by atoms with Gasteiger partial charge in [-0.2, -0.15) is 0 Å². The Morgan fingerprint density at radius 3 is 2.61 bits per heavy atom. The van der Waals surface area contributed by atoms with Crippen LogP contribution in [-0.4, -0.2) is 16.1 Å². The molecule has 0 radical (unpaired) electrons. The summed E-state index contributed by atoms with van der Waals surface area (Å²) < 4.78 is 0. The Kier molecular flexibility index (Phi) is 5.02. The number of halogens is 1. The Hall–Kier alpha value is -0.150. The highest BCUT2D eigenvalue weighted by Gasteiger charge is 2.39. The summed E-state index contributed by atoms with van der Waals surface area (Å²) in [5.74, 6) is 1.45. The average Bonchev–Trinajstić information content (AvgIpc) is 2.94. The van der Waals surface area contributed by atoms with Crippen LogP contribution in [0.5, 0.6) is 0 Å². The lowest BCUT2D eigenvalue weighted by Gasteiger charge is -2.27. The minimum atomic E-state index is 0.338. The molecule has 1 saturated carbocycles. The summed E-state index contributed by atoms with van der Waals surface area (Å²) in [6.45, 7) is 4.63. The van der Waals surface area contributed by atoms with E-state index in [2.05, 4.69) is 24.0 Å². The zero-order valence-corrected chi connectivity index (χ0v) is 13.0. The van der Waals surface area contributed by atoms with Crippen molar-refractivity contribution in [1.29, 1.82) is 0 Å². The first kappa shape index (κ1) is 14.3. The van der Waals surface area contributed by atoms with E-state index in [4.69, 9.17) is 11.6 Å². The molecule has 2 rings (SSSR count). The highest BCUT2D eigenvalue weighted by atomic mass is 35.5. The van der Waals surface area contributed by atoms with Crippen molar-refractivity contribution in [3.8, 4) is 0 Å². The van der Waals surface area contributed by atoms with Crippen molar-refractivity contribution in [3.63, 3.8) is 0 Å². The third-order valence-corrected chi connectivity index (χ3v) is 5.30. The van der Waals surface area contributed by atoms with Crippen LogP contribution in [0.3, 0.4) is 0 Å². The highest BCUT2D eigenvalue weighted by Crippen LogP contribution is 2.46. The van der Waals surface area contributed by atoms with Gasteiger partial charge >= 0.3 is 0 Å². The van der Waals surface area contributed by atoms with Crippen molar-refractivity contribution in [2.24, 2.45) is 5.92 Å². The second-order valence-electron chi connectivity index (χ2n) is 5.88. The summed E-state index contributed by atoms with van der Waals surface area (Å²) in [6, 6.07) is 0. The van der Waals surface area contributed by atoms with Crippen LogP contribution in [-0.2, 0) is 11.8 Å². The summed E-state index contributed by atoms with van der Waals surface area (Å²) in [7, 11) is 0. The van der Waals surface area contributed by atoms with Crippen molar-refractivity contribution in [3.05, 3.63) is 10.0 Å². The second kappa shape index (κ2) is 6.33. The lowest BCUT2D eigenvalue weighted by molar-refractivity contribution is 0.343. The number of hydrogen-bond donors (Lipinski definition) is 0. The SMILES string of the molecule is CC(C)CC1(c2nnc(CCCCl)s2)CCCC1. The molecule has 1 aromatic heterocycles. The van der Waals surface area contributed by atoms with Crippen molar-refractivity contribution in [1.82, 2.24) is 10.2 Å². The van der Waals surface area contributed by atoms with E-state index in [0.29, 0.717) is 11.3 Å². The van der Waals surface area contributed by atoms with Crippen LogP contribution in [0.25, 0.3) is 0 Å². The van der Waals surface area contributed by atoms with E-state index in [9.17, 15) is 0 Å². The van der Waals surface area contributed by atoms with Gasteiger partial charge in [-0.05, 0) is 31.6 Å². The normalized spacial score (nSPS) is 18.7. The lowest BCUT2D eigenvalue weighted by atomic mass is 9.79. The first-order valence-corrected chi connectivity index (χ1v) is 8.40. The molecule has 1 aliphatic carbocycles. The smallest absolute Gasteiger partial charge is 0.123 e. The van der Waals surface area contributed by atoms with Gasteiger partial charge in [-0.15, -0.1) is 33.1 Å². The third kappa shape index (κ3) is 3.24. The highest BCUT2D eigenvalue weighted by molar-refractivity contribution is 7.11. The summed E-state index contributed by atoms with van der Waals surface area (Å²) in [6.07, 6.45) is 8.56. The van der Waals surface area contributed by atoms with Crippen molar-refractivity contribution < 1.29 is 0 Å². The van der Waals surface area contributed by atoms with E-state index in [0.717, 1.165) is 18.8 Å². The van der Waals surface area contributed by atoms with Crippen LogP contribution in [0.4, 0.5) is 0 Å². The van der Waals surface area contributed by atoms with Crippen LogP contribution >= 0.6 is 22.9 Å². The molecule has 0 spiro atoms. The van der Waals surface area contributed by atoms with Gasteiger partial charge in [-0.25, -0.2) is 0 Å². The number of aromatic nitrogens is 2. The number of rotatable bonds is 6. The van der Waals surface area contributed by atoms with Gasteiger partial charge < -0.3 is 0 Å². The predicted octanol–water partition coefficient (Wildman–Crippen LogP) is 4.57. The van der Waals surface area contributed by atoms with Crippen LogP contribution in [0.1, 0.15) is 62.4 Å². The maximum atomic E-state index is 5.74. The number of aryl methyl sites for hydroxylation is 1. The Morgan fingerprint density at radius 2 is 2.00 bits per heavy atom. The van der Waals surface area contributed by atoms with Crippen molar-refractivity contribution in [2.45, 2.75) is 64.2 Å². The first-order chi connectivity index (χ1) is 8.66. The largest absolute Gasteiger partial charge is 0.144 e. The molecule has 1 aromatic rings. The van der Waals surface area contributed by atoms with Crippen LogP contribution in [0.2, 0.25) is 0 Å². The minimum Gasteiger partial charge on any atom is -0.144 e. The fraction of sp³-hybridized carbons (Fsp3) is 0.857. The number of alkyl halides is 1. The molecule has 1 heterocycles. The molecule has 0 aliphatic heterocycles. The van der Waals surface area contributed by atoms with E-state index >= 15 is 0 Å². The monoisotopic (exact) mass is 286 g/mol. The van der Waals surface area contributed by atoms with Crippen LogP contribution in [0, 0.1) is 5.92 Å². The fourth-order valence-electron chi connectivity index (χ4n) is 3.13. The molecule has 2 nitrogen and oxygen atoms in total. The standard InChI is InChI=1S/C14H23ClN2S/c1-11(2)10-14(7-3-4-8-14)13-17-16-12(18-13)6-5-9-15/h11H,3-10H2,1-2H3. The van der Waals surface area contributed by atoms with Gasteiger partial charge in [0.05, 0.1) is 0 Å². The molecule has 0 aromatic carbocycles. The second-order valence-corrected chi connectivity index (χ2v) is 7.32. The molecule has 102 valence electrons. The van der Waals surface area contributed by atoms with Gasteiger partial charge in [0.25, 0.3) is 0 Å². The quantitative estimate of drug-likeness (QED) is 0.716. The zero-order valence-electron chi connectivity index (χ0n) is 11.4. The van der Waals surface area contributed by atoms with E-state index in [1.54, 1.807) is 0 Å². The molecule has 0 atom stereocenters. The summed E-state index contributed by atoms with van der Waals surface area (Å²) >= 11 is 7.57. The van der Waals surface area contributed by atoms with Crippen LogP contribution < -0.4 is 0 Å². The molecule has 0 saturated heterocycles. The van der Waals surface area contributed by atoms with E-state index in [-0.39, 0.29) is 0 Å². The van der Waals surface area contributed by atoms with E-state index in [1.807, 2.05) is 11.3 Å². The third-order valence-electron chi connectivity index (χ3n) is 3.80. The number of nitrogens with zero attached hydrogens (tertiary/aromatic N) is 2. The molecule has 0 N–H and O–H groups in total. The Bertz CT molecular complexity index is 370. The topological polar surface area (TPSA) is 25.8 Å². The molecule has 4 heteroatoms. The first-order valence-electron chi connectivity index (χ1n) is 7.05. The fourth-order valence-corrected chi connectivity index (χ4v) is 4.40. The Labute approximate surface area is 119 Å². The molecule has 1 fully saturated rings. The van der Waals surface area contributed by atoms with Crippen LogP contribution in [0.15, 0.2) is 0 Å². The summed E-state index contributed by atoms with van der Waals surface area (Å²) in [5, 5.41) is 11.3. The summed E-state index contributed by atoms with van der Waals surface area (Å²) in [4.78, 5) is 0. The molecule has 0 amide bonds. The molecule has 0 bridgehead atoms. The van der Waals surface area contributed by atoms with Gasteiger partial charge in [0.2, 0.25) is 0 Å². The van der Waals surface area contributed by atoms with Gasteiger partial charge in [0.15, 0.2) is 0 Å². The summed E-state index contributed by atoms with van der Waals surface area (Å²) in [5.41, 5.74) is 0.338. The number of hydrogen-bond acceptors (Lipinski definition) is 3. The minimum absolute atomic E-state index is 0.338. The van der Waals surface area contributed by atoms with E-state index < -0.39 is 0 Å². The predicted molar refractivity (Wildman–Crippen MR) is 78.6 cm³/mol. The Morgan fingerprint density at radius 1 is 1.28 bits per heavy atom. The van der Waals surface area contributed by atoms with Gasteiger partial charge in [0.1, 0.15) is 10.0 Å². The Balaban J connectivity index is 2.13. The maximum Gasteiger partial charge on any atom is 0.123 e. The molecular formula is C14H23ClN2S. The molecule has 1 aliphatic rings. The lowest BCUT2D eigenvalue weighted by Crippen LogP contribution is -2.24. The zero-order chi connectivity index (χ0) is 13.0. The van der Waals surface area contributed by atoms with Gasteiger partial charge in [0, 0.05) is 17.7 Å². The molecule has 0 unspecified atom stereocenters. The van der Waals surface area contributed by atoms with Gasteiger partial charge in [-0.1, -0.05) is 26.7 Å². The van der Waals surface area contributed by atoms with E-state index in [1.165, 1.54) is 42.1 Å². The maximum absolute atomic E-state index is 5.74.